The molecule has 0 spiro atoms. The van der Waals surface area contributed by atoms with E-state index in [1.165, 1.54) is 13.2 Å². The molecule has 4 nitrogen and oxygen atoms in total. The smallest absolute Gasteiger partial charge is 0.229 e. The van der Waals surface area contributed by atoms with Crippen molar-refractivity contribution in [1.29, 1.82) is 0 Å². The van der Waals surface area contributed by atoms with E-state index >= 15 is 0 Å². The summed E-state index contributed by atoms with van der Waals surface area (Å²) in [6.45, 7) is 5.97. The Morgan fingerprint density at radius 2 is 1.95 bits per heavy atom. The second-order valence-electron chi connectivity index (χ2n) is 5.20. The molecule has 2 aromatic rings. The van der Waals surface area contributed by atoms with E-state index in [1.807, 2.05) is 20.8 Å². The highest BCUT2D eigenvalue weighted by atomic mass is 35.5. The van der Waals surface area contributed by atoms with Crippen LogP contribution in [0, 0.1) is 5.82 Å². The Hall–Kier alpha value is -1.62. The van der Waals surface area contributed by atoms with Gasteiger partial charge in [-0.1, -0.05) is 20.8 Å². The number of hydrogen-bond donors (Lipinski definition) is 0. The zero-order valence-electron chi connectivity index (χ0n) is 11.2. The summed E-state index contributed by atoms with van der Waals surface area (Å²) in [5.41, 5.74) is 0.314. The van der Waals surface area contributed by atoms with Gasteiger partial charge in [-0.3, -0.25) is 4.57 Å². The minimum atomic E-state index is -0.454. The molecule has 0 N–H and O–H groups in total. The molecule has 0 saturated heterocycles. The third-order valence-electron chi connectivity index (χ3n) is 2.69. The average molecular weight is 284 g/mol. The highest BCUT2D eigenvalue weighted by Crippen LogP contribution is 2.28. The molecule has 0 radical (unpaired) electrons. The summed E-state index contributed by atoms with van der Waals surface area (Å²) in [5, 5.41) is 8.12. The molecule has 6 heteroatoms. The van der Waals surface area contributed by atoms with Crippen LogP contribution >= 0.6 is 11.6 Å². The summed E-state index contributed by atoms with van der Waals surface area (Å²) < 4.78 is 20.3. The monoisotopic (exact) mass is 283 g/mol. The Kier molecular flexibility index (Phi) is 3.49. The van der Waals surface area contributed by atoms with Gasteiger partial charge in [-0.05, 0) is 23.7 Å². The highest BCUT2D eigenvalue weighted by Gasteiger charge is 2.24. The second kappa shape index (κ2) is 4.81. The normalized spacial score (nSPS) is 11.7. The predicted molar refractivity (Wildman–Crippen MR) is 71.6 cm³/mol. The molecule has 1 aromatic carbocycles. The molecule has 0 atom stereocenters. The van der Waals surface area contributed by atoms with E-state index in [1.54, 1.807) is 16.7 Å². The van der Waals surface area contributed by atoms with E-state index in [9.17, 15) is 4.39 Å². The van der Waals surface area contributed by atoms with Crippen LogP contribution in [0.4, 0.5) is 4.39 Å². The first-order valence-electron chi connectivity index (χ1n) is 5.80. The minimum absolute atomic E-state index is 0.185. The largest absolute Gasteiger partial charge is 0.494 e. The highest BCUT2D eigenvalue weighted by molar-refractivity contribution is 6.28. The van der Waals surface area contributed by atoms with Crippen molar-refractivity contribution in [3.63, 3.8) is 0 Å². The van der Waals surface area contributed by atoms with E-state index in [2.05, 4.69) is 10.2 Å². The molecule has 0 unspecified atom stereocenters. The van der Waals surface area contributed by atoms with Gasteiger partial charge in [0.05, 0.1) is 12.8 Å². The van der Waals surface area contributed by atoms with Gasteiger partial charge in [0, 0.05) is 11.5 Å². The second-order valence-corrected chi connectivity index (χ2v) is 5.53. The topological polar surface area (TPSA) is 39.9 Å². The van der Waals surface area contributed by atoms with Crippen molar-refractivity contribution in [2.24, 2.45) is 0 Å². The van der Waals surface area contributed by atoms with Crippen LogP contribution < -0.4 is 4.74 Å². The molecule has 2 rings (SSSR count). The number of benzene rings is 1. The summed E-state index contributed by atoms with van der Waals surface area (Å²) >= 11 is 6.05. The van der Waals surface area contributed by atoms with Gasteiger partial charge in [0.2, 0.25) is 5.28 Å². The molecule has 0 fully saturated rings. The number of halogens is 2. The molecule has 0 aliphatic carbocycles. The van der Waals surface area contributed by atoms with Gasteiger partial charge in [-0.25, -0.2) is 4.39 Å². The first-order chi connectivity index (χ1) is 8.84. The van der Waals surface area contributed by atoms with E-state index in [4.69, 9.17) is 16.3 Å². The van der Waals surface area contributed by atoms with Crippen LogP contribution in [0.5, 0.6) is 5.75 Å². The van der Waals surface area contributed by atoms with Crippen molar-refractivity contribution in [3.8, 4) is 11.4 Å². The Morgan fingerprint density at radius 1 is 1.26 bits per heavy atom. The first kappa shape index (κ1) is 13.8. The Balaban J connectivity index is 2.59. The van der Waals surface area contributed by atoms with Crippen molar-refractivity contribution in [2.75, 3.05) is 7.11 Å². The van der Waals surface area contributed by atoms with E-state index < -0.39 is 5.82 Å². The molecule has 0 aliphatic rings. The zero-order valence-corrected chi connectivity index (χ0v) is 12.0. The Labute approximate surface area is 116 Å². The van der Waals surface area contributed by atoms with Crippen LogP contribution in [0.3, 0.4) is 0 Å². The van der Waals surface area contributed by atoms with Crippen LogP contribution in [-0.4, -0.2) is 21.9 Å². The number of methoxy groups -OCH3 is 1. The quantitative estimate of drug-likeness (QED) is 0.848. The Bertz CT molecular complexity index is 604. The lowest BCUT2D eigenvalue weighted by Gasteiger charge is -2.19. The van der Waals surface area contributed by atoms with Gasteiger partial charge in [-0.15, -0.1) is 10.2 Å². The van der Waals surface area contributed by atoms with Crippen molar-refractivity contribution in [2.45, 2.75) is 26.2 Å². The number of ether oxygens (including phenoxy) is 1. The average Bonchev–Trinajstić information content (AvgIpc) is 2.70. The third-order valence-corrected chi connectivity index (χ3v) is 2.93. The molecular formula is C13H15ClFN3O. The molecule has 0 bridgehead atoms. The van der Waals surface area contributed by atoms with E-state index in [0.29, 0.717) is 11.5 Å². The van der Waals surface area contributed by atoms with Gasteiger partial charge in [0.15, 0.2) is 11.6 Å². The number of rotatable bonds is 2. The molecule has 0 aliphatic heterocycles. The maximum absolute atomic E-state index is 13.8. The van der Waals surface area contributed by atoms with Crippen molar-refractivity contribution in [3.05, 3.63) is 35.1 Å². The zero-order chi connectivity index (χ0) is 14.2. The standard InChI is InChI=1S/C13H15ClFN3O/c1-13(2,3)11-16-17-12(14)18(11)8-5-6-10(19-4)9(15)7-8/h5-7H,1-4H3. The lowest BCUT2D eigenvalue weighted by Crippen LogP contribution is -2.18. The fourth-order valence-electron chi connectivity index (χ4n) is 1.77. The molecule has 1 heterocycles. The summed E-state index contributed by atoms with van der Waals surface area (Å²) in [5.74, 6) is 0.400. The fourth-order valence-corrected chi connectivity index (χ4v) is 1.99. The maximum atomic E-state index is 13.8. The number of aromatic nitrogens is 3. The lowest BCUT2D eigenvalue weighted by molar-refractivity contribution is 0.386. The van der Waals surface area contributed by atoms with Crippen LogP contribution in [0.15, 0.2) is 18.2 Å². The molecule has 1 aromatic heterocycles. The molecular weight excluding hydrogens is 269 g/mol. The van der Waals surface area contributed by atoms with Crippen molar-refractivity contribution < 1.29 is 9.13 Å². The summed E-state index contributed by atoms with van der Waals surface area (Å²) in [6, 6.07) is 4.61. The van der Waals surface area contributed by atoms with Gasteiger partial charge in [0.1, 0.15) is 5.82 Å². The van der Waals surface area contributed by atoms with Gasteiger partial charge in [0.25, 0.3) is 0 Å². The van der Waals surface area contributed by atoms with E-state index in [0.717, 1.165) is 0 Å². The summed E-state index contributed by atoms with van der Waals surface area (Å²) in [6.07, 6.45) is 0. The van der Waals surface area contributed by atoms with Crippen molar-refractivity contribution >= 4 is 11.6 Å². The number of hydrogen-bond acceptors (Lipinski definition) is 3. The third kappa shape index (κ3) is 2.56. The molecule has 0 amide bonds. The minimum Gasteiger partial charge on any atom is -0.494 e. The maximum Gasteiger partial charge on any atom is 0.229 e. The molecule has 102 valence electrons. The fraction of sp³-hybridized carbons (Fsp3) is 0.385. The van der Waals surface area contributed by atoms with Crippen LogP contribution in [-0.2, 0) is 5.41 Å². The van der Waals surface area contributed by atoms with Crippen LogP contribution in [0.1, 0.15) is 26.6 Å². The first-order valence-corrected chi connectivity index (χ1v) is 6.17. The molecule has 0 saturated carbocycles. The van der Waals surface area contributed by atoms with E-state index in [-0.39, 0.29) is 16.4 Å². The Morgan fingerprint density at radius 3 is 2.47 bits per heavy atom. The predicted octanol–water partition coefficient (Wildman–Crippen LogP) is 3.37. The van der Waals surface area contributed by atoms with Crippen molar-refractivity contribution in [1.82, 2.24) is 14.8 Å². The number of nitrogens with zero attached hydrogens (tertiary/aromatic N) is 3. The summed E-state index contributed by atoms with van der Waals surface area (Å²) in [4.78, 5) is 0. The van der Waals surface area contributed by atoms with Gasteiger partial charge >= 0.3 is 0 Å². The van der Waals surface area contributed by atoms with Gasteiger partial charge < -0.3 is 4.74 Å². The lowest BCUT2D eigenvalue weighted by atomic mass is 9.95. The SMILES string of the molecule is COc1ccc(-n2c(Cl)nnc2C(C)(C)C)cc1F. The molecule has 19 heavy (non-hydrogen) atoms. The van der Waals surface area contributed by atoms with Crippen LogP contribution in [0.25, 0.3) is 5.69 Å². The van der Waals surface area contributed by atoms with Crippen LogP contribution in [0.2, 0.25) is 5.28 Å². The summed E-state index contributed by atoms with van der Waals surface area (Å²) in [7, 11) is 1.42. The van der Waals surface area contributed by atoms with Gasteiger partial charge in [-0.2, -0.15) is 0 Å².